The Hall–Kier alpha value is -1.56. The average Bonchev–Trinajstić information content (AvgIpc) is 2.41. The highest BCUT2D eigenvalue weighted by molar-refractivity contribution is 7.90. The van der Waals surface area contributed by atoms with Gasteiger partial charge in [-0.3, -0.25) is 4.79 Å². The molecule has 4 nitrogen and oxygen atoms in total. The van der Waals surface area contributed by atoms with E-state index in [1.54, 1.807) is 30.3 Å². The number of amides is 1. The summed E-state index contributed by atoms with van der Waals surface area (Å²) in [6.45, 7) is 0. The highest BCUT2D eigenvalue weighted by Gasteiger charge is 2.11. The Labute approximate surface area is 139 Å². The number of carbonyl (C=O) groups is 1. The topological polar surface area (TPSA) is 63.2 Å². The molecule has 1 N–H and O–H groups in total. The van der Waals surface area contributed by atoms with Crippen molar-refractivity contribution in [1.82, 2.24) is 0 Å². The zero-order valence-electron chi connectivity index (χ0n) is 11.6. The third-order valence-corrected chi connectivity index (χ3v) is 4.61. The number of hydrogen-bond acceptors (Lipinski definition) is 3. The van der Waals surface area contributed by atoms with Crippen LogP contribution in [0, 0.1) is 0 Å². The molecule has 22 heavy (non-hydrogen) atoms. The summed E-state index contributed by atoms with van der Waals surface area (Å²) in [6.07, 6.45) is 1.18. The summed E-state index contributed by atoms with van der Waals surface area (Å²) in [5.41, 5.74) is 1.06. The second-order valence-electron chi connectivity index (χ2n) is 4.76. The summed E-state index contributed by atoms with van der Waals surface area (Å²) in [6, 6.07) is 11.0. The van der Waals surface area contributed by atoms with E-state index in [9.17, 15) is 13.2 Å². The molecular formula is C15H13Cl2NO3S. The van der Waals surface area contributed by atoms with Crippen molar-refractivity contribution in [3.05, 3.63) is 58.1 Å². The van der Waals surface area contributed by atoms with Crippen LogP contribution in [-0.2, 0) is 21.1 Å². The minimum atomic E-state index is -3.32. The van der Waals surface area contributed by atoms with Crippen LogP contribution in [0.1, 0.15) is 5.56 Å². The second-order valence-corrected chi connectivity index (χ2v) is 7.62. The van der Waals surface area contributed by atoms with Gasteiger partial charge in [0.05, 0.1) is 11.3 Å². The SMILES string of the molecule is CS(=O)(=O)c1cccc(NC(=O)Cc2ccc(Cl)cc2Cl)c1. The molecule has 0 heterocycles. The Kier molecular flexibility index (Phi) is 5.11. The van der Waals surface area contributed by atoms with Crippen molar-refractivity contribution in [2.75, 3.05) is 11.6 Å². The van der Waals surface area contributed by atoms with Gasteiger partial charge in [-0.15, -0.1) is 0 Å². The van der Waals surface area contributed by atoms with E-state index in [0.29, 0.717) is 21.3 Å². The van der Waals surface area contributed by atoms with Gasteiger partial charge in [0.25, 0.3) is 0 Å². The van der Waals surface area contributed by atoms with Crippen LogP contribution in [0.25, 0.3) is 0 Å². The summed E-state index contributed by atoms with van der Waals surface area (Å²) in [5, 5.41) is 3.55. The number of benzene rings is 2. The van der Waals surface area contributed by atoms with Gasteiger partial charge in [-0.05, 0) is 35.9 Å². The molecule has 2 rings (SSSR count). The number of carbonyl (C=O) groups excluding carboxylic acids is 1. The normalized spacial score (nSPS) is 11.2. The second kappa shape index (κ2) is 6.69. The van der Waals surface area contributed by atoms with Gasteiger partial charge in [-0.2, -0.15) is 0 Å². The molecule has 0 aliphatic rings. The van der Waals surface area contributed by atoms with E-state index in [-0.39, 0.29) is 17.2 Å². The van der Waals surface area contributed by atoms with E-state index in [2.05, 4.69) is 5.32 Å². The monoisotopic (exact) mass is 357 g/mol. The molecule has 7 heteroatoms. The van der Waals surface area contributed by atoms with E-state index >= 15 is 0 Å². The predicted molar refractivity (Wildman–Crippen MR) is 88.3 cm³/mol. The molecule has 0 unspecified atom stereocenters. The smallest absolute Gasteiger partial charge is 0.228 e. The van der Waals surface area contributed by atoms with E-state index < -0.39 is 9.84 Å². The molecule has 0 fully saturated rings. The lowest BCUT2D eigenvalue weighted by Crippen LogP contribution is -2.15. The first-order valence-corrected chi connectivity index (χ1v) is 8.94. The van der Waals surface area contributed by atoms with Crippen LogP contribution < -0.4 is 5.32 Å². The summed E-state index contributed by atoms with van der Waals surface area (Å²) in [5.74, 6) is -0.296. The van der Waals surface area contributed by atoms with Crippen molar-refractivity contribution in [3.8, 4) is 0 Å². The first-order chi connectivity index (χ1) is 10.3. The van der Waals surface area contributed by atoms with Crippen LogP contribution in [0.5, 0.6) is 0 Å². The third kappa shape index (κ3) is 4.47. The maximum absolute atomic E-state index is 12.0. The van der Waals surface area contributed by atoms with E-state index in [1.807, 2.05) is 0 Å². The standard InChI is InChI=1S/C15H13Cl2NO3S/c1-22(20,21)13-4-2-3-12(9-13)18-15(19)7-10-5-6-11(16)8-14(10)17/h2-6,8-9H,7H2,1H3,(H,18,19). The maximum atomic E-state index is 12.0. The number of nitrogens with one attached hydrogen (secondary N) is 1. The number of hydrogen-bond donors (Lipinski definition) is 1. The van der Waals surface area contributed by atoms with Crippen LogP contribution in [0.4, 0.5) is 5.69 Å². The number of sulfone groups is 1. The summed E-state index contributed by atoms with van der Waals surface area (Å²) in [4.78, 5) is 12.2. The summed E-state index contributed by atoms with van der Waals surface area (Å²) >= 11 is 11.8. The zero-order chi connectivity index (χ0) is 16.3. The lowest BCUT2D eigenvalue weighted by Gasteiger charge is -2.08. The summed E-state index contributed by atoms with van der Waals surface area (Å²) < 4.78 is 23.0. The Morgan fingerprint density at radius 2 is 1.86 bits per heavy atom. The molecule has 2 aromatic carbocycles. The number of anilines is 1. The molecule has 0 radical (unpaired) electrons. The molecular weight excluding hydrogens is 345 g/mol. The molecule has 0 aromatic heterocycles. The highest BCUT2D eigenvalue weighted by atomic mass is 35.5. The van der Waals surface area contributed by atoms with Gasteiger partial charge in [0, 0.05) is 22.0 Å². The first kappa shape index (κ1) is 16.8. The minimum Gasteiger partial charge on any atom is -0.326 e. The Morgan fingerprint density at radius 1 is 1.14 bits per heavy atom. The molecule has 0 saturated carbocycles. The minimum absolute atomic E-state index is 0.0686. The maximum Gasteiger partial charge on any atom is 0.228 e. The fourth-order valence-electron chi connectivity index (χ4n) is 1.85. The van der Waals surface area contributed by atoms with Crippen molar-refractivity contribution < 1.29 is 13.2 Å². The number of halogens is 2. The van der Waals surface area contributed by atoms with Crippen LogP contribution in [0.15, 0.2) is 47.4 Å². The van der Waals surface area contributed by atoms with Gasteiger partial charge in [0.2, 0.25) is 5.91 Å². The van der Waals surface area contributed by atoms with Crippen molar-refractivity contribution in [3.63, 3.8) is 0 Å². The lowest BCUT2D eigenvalue weighted by atomic mass is 10.1. The largest absolute Gasteiger partial charge is 0.326 e. The van der Waals surface area contributed by atoms with Crippen molar-refractivity contribution in [2.24, 2.45) is 0 Å². The van der Waals surface area contributed by atoms with Gasteiger partial charge in [-0.1, -0.05) is 35.3 Å². The van der Waals surface area contributed by atoms with Crippen molar-refractivity contribution >= 4 is 44.6 Å². The van der Waals surface area contributed by atoms with Crippen molar-refractivity contribution in [2.45, 2.75) is 11.3 Å². The average molecular weight is 358 g/mol. The van der Waals surface area contributed by atoms with E-state index in [1.165, 1.54) is 12.1 Å². The first-order valence-electron chi connectivity index (χ1n) is 6.29. The Morgan fingerprint density at radius 3 is 2.50 bits per heavy atom. The van der Waals surface area contributed by atoms with Gasteiger partial charge >= 0.3 is 0 Å². The van der Waals surface area contributed by atoms with Gasteiger partial charge in [0.1, 0.15) is 0 Å². The lowest BCUT2D eigenvalue weighted by molar-refractivity contribution is -0.115. The fourth-order valence-corrected chi connectivity index (χ4v) is 2.99. The molecule has 0 aliphatic heterocycles. The van der Waals surface area contributed by atoms with E-state index in [0.717, 1.165) is 6.26 Å². The fraction of sp³-hybridized carbons (Fsp3) is 0.133. The highest BCUT2D eigenvalue weighted by Crippen LogP contribution is 2.22. The van der Waals surface area contributed by atoms with Crippen LogP contribution in [0.3, 0.4) is 0 Å². The molecule has 1 amide bonds. The Bertz CT molecular complexity index is 819. The molecule has 0 saturated heterocycles. The Balaban J connectivity index is 2.12. The van der Waals surface area contributed by atoms with Crippen molar-refractivity contribution in [1.29, 1.82) is 0 Å². The molecule has 0 bridgehead atoms. The molecule has 0 atom stereocenters. The number of rotatable bonds is 4. The molecule has 2 aromatic rings. The third-order valence-electron chi connectivity index (χ3n) is 2.91. The predicted octanol–water partition coefficient (Wildman–Crippen LogP) is 3.58. The van der Waals surface area contributed by atoms with Crippen LogP contribution in [-0.4, -0.2) is 20.6 Å². The molecule has 116 valence electrons. The molecule has 0 aliphatic carbocycles. The molecule has 0 spiro atoms. The van der Waals surface area contributed by atoms with Crippen LogP contribution >= 0.6 is 23.2 Å². The van der Waals surface area contributed by atoms with Gasteiger partial charge in [-0.25, -0.2) is 8.42 Å². The quantitative estimate of drug-likeness (QED) is 0.909. The zero-order valence-corrected chi connectivity index (χ0v) is 14.0. The summed E-state index contributed by atoms with van der Waals surface area (Å²) in [7, 11) is -3.32. The van der Waals surface area contributed by atoms with E-state index in [4.69, 9.17) is 23.2 Å². The van der Waals surface area contributed by atoms with Crippen LogP contribution in [0.2, 0.25) is 10.0 Å². The van der Waals surface area contributed by atoms with Gasteiger partial charge in [0.15, 0.2) is 9.84 Å². The van der Waals surface area contributed by atoms with Gasteiger partial charge < -0.3 is 5.32 Å².